The van der Waals surface area contributed by atoms with Gasteiger partial charge in [0.15, 0.2) is 10.7 Å². The third kappa shape index (κ3) is 3.55. The predicted octanol–water partition coefficient (Wildman–Crippen LogP) is 0.264. The number of rotatable bonds is 3. The lowest BCUT2D eigenvalue weighted by atomic mass is 10.3. The first kappa shape index (κ1) is 13.1. The minimum Gasteiger partial charge on any atom is -0.297 e. The van der Waals surface area contributed by atoms with E-state index >= 15 is 0 Å². The highest BCUT2D eigenvalue weighted by Gasteiger charge is 2.22. The topological polar surface area (TPSA) is 69.4 Å². The van der Waals surface area contributed by atoms with Crippen LogP contribution in [0.15, 0.2) is 15.0 Å². The van der Waals surface area contributed by atoms with Gasteiger partial charge in [-0.25, -0.2) is 4.99 Å². The fourth-order valence-electron chi connectivity index (χ4n) is 0.926. The second-order valence-corrected chi connectivity index (χ2v) is 3.99. The van der Waals surface area contributed by atoms with Crippen molar-refractivity contribution in [2.75, 3.05) is 20.8 Å². The number of aliphatic imine (C=N–C) groups is 3. The van der Waals surface area contributed by atoms with Crippen molar-refractivity contribution in [2.24, 2.45) is 15.0 Å². The highest BCUT2D eigenvalue weighted by Crippen LogP contribution is 2.11. The largest absolute Gasteiger partial charge is 0.297 e. The normalized spacial score (nSPS) is 23.1. The zero-order valence-corrected chi connectivity index (χ0v) is 10.3. The Morgan fingerprint density at radius 3 is 2.81 bits per heavy atom. The van der Waals surface area contributed by atoms with Gasteiger partial charge in [0.05, 0.1) is 6.67 Å². The van der Waals surface area contributed by atoms with Gasteiger partial charge in [0, 0.05) is 0 Å². The molecule has 0 aromatic carbocycles. The summed E-state index contributed by atoms with van der Waals surface area (Å²) in [7, 11) is 3.73. The Labute approximate surface area is 103 Å². The fourth-order valence-corrected chi connectivity index (χ4v) is 1.49. The molecule has 1 unspecified atom stereocenters. The molecule has 0 fully saturated rings. The summed E-state index contributed by atoms with van der Waals surface area (Å²) in [6.07, 6.45) is 0.456. The third-order valence-corrected chi connectivity index (χ3v) is 2.17. The average Bonchev–Trinajstić information content (AvgIpc) is 2.16. The fraction of sp³-hybridized carbons (Fsp3) is 0.500. The Morgan fingerprint density at radius 2 is 2.31 bits per heavy atom. The number of hydrogen-bond acceptors (Lipinski definition) is 5. The van der Waals surface area contributed by atoms with Crippen LogP contribution in [0.25, 0.3) is 0 Å². The third-order valence-electron chi connectivity index (χ3n) is 1.59. The number of carbonyl (C=O) groups is 1. The van der Waals surface area contributed by atoms with E-state index in [1.54, 1.807) is 0 Å². The van der Waals surface area contributed by atoms with Gasteiger partial charge in [-0.1, -0.05) is 23.2 Å². The SMILES string of the molecule is CN(C)CN=C1C(Cl)=NC(NC=O)=NC1Cl. The summed E-state index contributed by atoms with van der Waals surface area (Å²) in [5, 5.41) is 2.42. The molecule has 1 heterocycles. The van der Waals surface area contributed by atoms with E-state index in [0.29, 0.717) is 18.8 Å². The van der Waals surface area contributed by atoms with Crippen molar-refractivity contribution in [3.05, 3.63) is 0 Å². The molecule has 1 amide bonds. The van der Waals surface area contributed by atoms with Gasteiger partial charge < -0.3 is 0 Å². The predicted molar refractivity (Wildman–Crippen MR) is 65.6 cm³/mol. The molecule has 0 aromatic heterocycles. The summed E-state index contributed by atoms with van der Waals surface area (Å²) in [4.78, 5) is 24.0. The number of alkyl halides is 1. The highest BCUT2D eigenvalue weighted by atomic mass is 35.5. The second kappa shape index (κ2) is 5.93. The molecule has 0 saturated heterocycles. The number of carbonyl (C=O) groups excluding carboxylic acids is 1. The van der Waals surface area contributed by atoms with Crippen molar-refractivity contribution >= 4 is 46.5 Å². The molecule has 1 rings (SSSR count). The Kier molecular flexibility index (Phi) is 4.85. The van der Waals surface area contributed by atoms with Crippen LogP contribution in [0.5, 0.6) is 0 Å². The number of hydrogen-bond donors (Lipinski definition) is 1. The zero-order valence-electron chi connectivity index (χ0n) is 8.81. The number of halogens is 2. The zero-order chi connectivity index (χ0) is 12.1. The van der Waals surface area contributed by atoms with Crippen LogP contribution in [0.4, 0.5) is 0 Å². The van der Waals surface area contributed by atoms with Crippen molar-refractivity contribution in [1.29, 1.82) is 0 Å². The Morgan fingerprint density at radius 1 is 1.62 bits per heavy atom. The summed E-state index contributed by atoms with van der Waals surface area (Å²) in [6, 6.07) is 0. The molecule has 1 N–H and O–H groups in total. The van der Waals surface area contributed by atoms with E-state index in [1.165, 1.54) is 0 Å². The van der Waals surface area contributed by atoms with Crippen molar-refractivity contribution < 1.29 is 4.79 Å². The molecule has 16 heavy (non-hydrogen) atoms. The van der Waals surface area contributed by atoms with Crippen LogP contribution in [0.3, 0.4) is 0 Å². The first-order valence-corrected chi connectivity index (χ1v) is 5.21. The Bertz CT molecular complexity index is 363. The lowest BCUT2D eigenvalue weighted by molar-refractivity contribution is -0.108. The van der Waals surface area contributed by atoms with Crippen LogP contribution in [0.2, 0.25) is 0 Å². The summed E-state index contributed by atoms with van der Waals surface area (Å²) >= 11 is 11.8. The molecule has 0 bridgehead atoms. The lowest BCUT2D eigenvalue weighted by Crippen LogP contribution is -2.33. The molecule has 88 valence electrons. The minimum atomic E-state index is -0.729. The molecule has 1 aliphatic heterocycles. The maximum Gasteiger partial charge on any atom is 0.227 e. The molecule has 0 saturated carbocycles. The van der Waals surface area contributed by atoms with E-state index in [4.69, 9.17) is 23.2 Å². The monoisotopic (exact) mass is 263 g/mol. The van der Waals surface area contributed by atoms with E-state index in [2.05, 4.69) is 20.3 Å². The molecule has 6 nitrogen and oxygen atoms in total. The van der Waals surface area contributed by atoms with Crippen LogP contribution in [0, 0.1) is 0 Å². The summed E-state index contributed by atoms with van der Waals surface area (Å²) in [5.41, 5.74) is -0.333. The van der Waals surface area contributed by atoms with Crippen LogP contribution < -0.4 is 5.32 Å². The maximum atomic E-state index is 10.2. The summed E-state index contributed by atoms with van der Waals surface area (Å²) in [6.45, 7) is 0.441. The molecule has 1 atom stereocenters. The van der Waals surface area contributed by atoms with Crippen molar-refractivity contribution in [3.63, 3.8) is 0 Å². The average molecular weight is 264 g/mol. The first-order chi connectivity index (χ1) is 7.54. The molecular weight excluding hydrogens is 253 g/mol. The number of nitrogens with zero attached hydrogens (tertiary/aromatic N) is 4. The van der Waals surface area contributed by atoms with E-state index in [0.717, 1.165) is 0 Å². The number of guanidine groups is 1. The van der Waals surface area contributed by atoms with Gasteiger partial charge in [0.1, 0.15) is 5.71 Å². The van der Waals surface area contributed by atoms with Crippen LogP contribution >= 0.6 is 23.2 Å². The van der Waals surface area contributed by atoms with Crippen molar-refractivity contribution in [1.82, 2.24) is 10.2 Å². The molecule has 0 aromatic rings. The first-order valence-electron chi connectivity index (χ1n) is 4.40. The van der Waals surface area contributed by atoms with Gasteiger partial charge in [-0.3, -0.25) is 20.0 Å². The molecule has 0 spiro atoms. The summed E-state index contributed by atoms with van der Waals surface area (Å²) < 4.78 is 0. The quantitative estimate of drug-likeness (QED) is 0.451. The van der Waals surface area contributed by atoms with Crippen molar-refractivity contribution in [2.45, 2.75) is 5.50 Å². The van der Waals surface area contributed by atoms with Gasteiger partial charge in [-0.15, -0.1) is 0 Å². The standard InChI is InChI=1S/C8H11Cl2N5O/c1-15(2)3-11-5-6(9)13-8(12-4-16)14-7(5)10/h4,6H,3H2,1-2H3,(H,12,13,16). The van der Waals surface area contributed by atoms with Crippen LogP contribution in [-0.2, 0) is 4.79 Å². The molecular formula is C8H11Cl2N5O. The van der Waals surface area contributed by atoms with Crippen molar-refractivity contribution in [3.8, 4) is 0 Å². The van der Waals surface area contributed by atoms with Gasteiger partial charge in [-0.05, 0) is 14.1 Å². The summed E-state index contributed by atoms with van der Waals surface area (Å²) in [5.74, 6) is 0.0869. The smallest absolute Gasteiger partial charge is 0.227 e. The highest BCUT2D eigenvalue weighted by molar-refractivity contribution is 6.86. The second-order valence-electron chi connectivity index (χ2n) is 3.22. The number of nitrogens with one attached hydrogen (secondary N) is 1. The maximum absolute atomic E-state index is 10.2. The van der Waals surface area contributed by atoms with E-state index in [-0.39, 0.29) is 11.1 Å². The van der Waals surface area contributed by atoms with Gasteiger partial charge >= 0.3 is 0 Å². The van der Waals surface area contributed by atoms with Gasteiger partial charge in [0.25, 0.3) is 0 Å². The Balaban J connectivity index is 2.82. The Hall–Kier alpha value is -0.980. The van der Waals surface area contributed by atoms with Crippen LogP contribution in [0.1, 0.15) is 0 Å². The van der Waals surface area contributed by atoms with E-state index in [9.17, 15) is 4.79 Å². The minimum absolute atomic E-state index is 0.0869. The molecule has 0 aliphatic carbocycles. The van der Waals surface area contributed by atoms with E-state index in [1.807, 2.05) is 19.0 Å². The van der Waals surface area contributed by atoms with E-state index < -0.39 is 5.50 Å². The number of amides is 1. The lowest BCUT2D eigenvalue weighted by Gasteiger charge is -2.15. The molecule has 1 aliphatic rings. The van der Waals surface area contributed by atoms with Gasteiger partial charge in [0.2, 0.25) is 12.4 Å². The van der Waals surface area contributed by atoms with Gasteiger partial charge in [-0.2, -0.15) is 4.99 Å². The molecule has 8 heteroatoms. The van der Waals surface area contributed by atoms with Crippen LogP contribution in [-0.4, -0.2) is 54.4 Å². The molecule has 0 radical (unpaired) electrons.